The second-order valence-corrected chi connectivity index (χ2v) is 3.97. The van der Waals surface area contributed by atoms with E-state index in [1.165, 1.54) is 5.56 Å². The molecule has 2 nitrogen and oxygen atoms in total. The maximum atomic E-state index is 5.91. The Kier molecular flexibility index (Phi) is 2.99. The number of ether oxygens (including phenoxy) is 1. The van der Waals surface area contributed by atoms with Gasteiger partial charge in [0.05, 0.1) is 6.61 Å². The fourth-order valence-corrected chi connectivity index (χ4v) is 1.93. The van der Waals surface area contributed by atoms with Crippen molar-refractivity contribution in [2.24, 2.45) is 5.73 Å². The lowest BCUT2D eigenvalue weighted by atomic mass is 10.0. The Morgan fingerprint density at radius 3 is 3.14 bits per heavy atom. The molecule has 1 heterocycles. The summed E-state index contributed by atoms with van der Waals surface area (Å²) in [5, 5.41) is 0. The number of rotatable bonds is 2. The van der Waals surface area contributed by atoms with Crippen molar-refractivity contribution in [3.8, 4) is 5.75 Å². The Labute approximate surface area is 89.9 Å². The Morgan fingerprint density at radius 2 is 2.36 bits per heavy atom. The third-order valence-electron chi connectivity index (χ3n) is 2.56. The highest BCUT2D eigenvalue weighted by molar-refractivity contribution is 7.80. The maximum Gasteiger partial charge on any atom is 0.122 e. The van der Waals surface area contributed by atoms with E-state index < -0.39 is 0 Å². The van der Waals surface area contributed by atoms with E-state index in [9.17, 15) is 0 Å². The molecule has 2 N–H and O–H groups in total. The lowest BCUT2D eigenvalue weighted by Gasteiger charge is -2.19. The van der Waals surface area contributed by atoms with Crippen molar-refractivity contribution in [1.29, 1.82) is 0 Å². The molecule has 0 spiro atoms. The summed E-state index contributed by atoms with van der Waals surface area (Å²) in [6, 6.07) is 6.23. The highest BCUT2D eigenvalue weighted by Gasteiger charge is 2.12. The van der Waals surface area contributed by atoms with E-state index in [-0.39, 0.29) is 6.04 Å². The van der Waals surface area contributed by atoms with Gasteiger partial charge in [-0.2, -0.15) is 12.6 Å². The van der Waals surface area contributed by atoms with Crippen LogP contribution in [0.4, 0.5) is 0 Å². The predicted octanol–water partition coefficient (Wildman–Crippen LogP) is 1.94. The monoisotopic (exact) mass is 209 g/mol. The molecule has 1 unspecified atom stereocenters. The van der Waals surface area contributed by atoms with Crippen molar-refractivity contribution in [3.05, 3.63) is 29.3 Å². The van der Waals surface area contributed by atoms with Crippen molar-refractivity contribution < 1.29 is 4.74 Å². The van der Waals surface area contributed by atoms with E-state index in [1.807, 2.05) is 12.1 Å². The predicted molar refractivity (Wildman–Crippen MR) is 61.0 cm³/mol. The highest BCUT2D eigenvalue weighted by atomic mass is 32.1. The van der Waals surface area contributed by atoms with Gasteiger partial charge < -0.3 is 10.5 Å². The minimum absolute atomic E-state index is 0.0329. The van der Waals surface area contributed by atoms with Gasteiger partial charge in [0.1, 0.15) is 5.75 Å². The molecule has 0 aromatic heterocycles. The van der Waals surface area contributed by atoms with E-state index in [1.54, 1.807) is 0 Å². The molecule has 0 saturated heterocycles. The molecule has 3 heteroatoms. The first-order valence-corrected chi connectivity index (χ1v) is 5.56. The number of nitrogens with two attached hydrogens (primary N) is 1. The van der Waals surface area contributed by atoms with Crippen molar-refractivity contribution in [1.82, 2.24) is 0 Å². The van der Waals surface area contributed by atoms with Crippen molar-refractivity contribution in [3.63, 3.8) is 0 Å². The first kappa shape index (κ1) is 9.87. The molecule has 0 radical (unpaired) electrons. The molecular formula is C11H15NOS. The zero-order valence-electron chi connectivity index (χ0n) is 8.07. The normalized spacial score (nSPS) is 17.0. The molecule has 14 heavy (non-hydrogen) atoms. The first-order valence-electron chi connectivity index (χ1n) is 4.93. The summed E-state index contributed by atoms with van der Waals surface area (Å²) < 4.78 is 5.53. The second kappa shape index (κ2) is 4.24. The van der Waals surface area contributed by atoms with Crippen LogP contribution < -0.4 is 10.5 Å². The van der Waals surface area contributed by atoms with Gasteiger partial charge in [-0.05, 0) is 30.0 Å². The lowest BCUT2D eigenvalue weighted by molar-refractivity contribution is 0.288. The number of aryl methyl sites for hydroxylation is 1. The summed E-state index contributed by atoms with van der Waals surface area (Å²) in [6.07, 6.45) is 2.20. The summed E-state index contributed by atoms with van der Waals surface area (Å²) in [4.78, 5) is 0. The topological polar surface area (TPSA) is 35.2 Å². The third kappa shape index (κ3) is 1.88. The summed E-state index contributed by atoms with van der Waals surface area (Å²) in [5.41, 5.74) is 8.35. The molecule has 0 fully saturated rings. The van der Waals surface area contributed by atoms with Crippen LogP contribution in [0.1, 0.15) is 23.6 Å². The average Bonchev–Trinajstić information content (AvgIpc) is 2.27. The summed E-state index contributed by atoms with van der Waals surface area (Å²) in [7, 11) is 0. The molecule has 2 rings (SSSR count). The van der Waals surface area contributed by atoms with Crippen molar-refractivity contribution in [2.45, 2.75) is 18.9 Å². The number of hydrogen-bond acceptors (Lipinski definition) is 3. The van der Waals surface area contributed by atoms with Gasteiger partial charge in [-0.1, -0.05) is 12.1 Å². The van der Waals surface area contributed by atoms with Crippen LogP contribution >= 0.6 is 12.6 Å². The smallest absolute Gasteiger partial charge is 0.122 e. The highest BCUT2D eigenvalue weighted by Crippen LogP contribution is 2.27. The van der Waals surface area contributed by atoms with Crippen molar-refractivity contribution in [2.75, 3.05) is 12.4 Å². The van der Waals surface area contributed by atoms with E-state index in [4.69, 9.17) is 10.5 Å². The number of hydrogen-bond donors (Lipinski definition) is 2. The van der Waals surface area contributed by atoms with Gasteiger partial charge in [0.15, 0.2) is 0 Å². The summed E-state index contributed by atoms with van der Waals surface area (Å²) in [5.74, 6) is 1.70. The molecule has 1 atom stereocenters. The van der Waals surface area contributed by atoms with Crippen LogP contribution in [0.15, 0.2) is 18.2 Å². The van der Waals surface area contributed by atoms with Gasteiger partial charge in [-0.15, -0.1) is 0 Å². The molecule has 1 aliphatic heterocycles. The van der Waals surface area contributed by atoms with E-state index in [2.05, 4.69) is 18.7 Å². The standard InChI is InChI=1S/C11H15NOS/c12-10(7-14)8-3-4-11-9(6-8)2-1-5-13-11/h3-4,6,10,14H,1-2,5,7,12H2. The lowest BCUT2D eigenvalue weighted by Crippen LogP contribution is -2.14. The van der Waals surface area contributed by atoms with Gasteiger partial charge in [-0.25, -0.2) is 0 Å². The Balaban J connectivity index is 2.29. The fourth-order valence-electron chi connectivity index (χ4n) is 1.72. The van der Waals surface area contributed by atoms with Crippen LogP contribution in [0.2, 0.25) is 0 Å². The SMILES string of the molecule is NC(CS)c1ccc2c(c1)CCCO2. The van der Waals surface area contributed by atoms with Gasteiger partial charge in [0.25, 0.3) is 0 Å². The largest absolute Gasteiger partial charge is 0.493 e. The minimum atomic E-state index is 0.0329. The van der Waals surface area contributed by atoms with Crippen LogP contribution in [0.5, 0.6) is 5.75 Å². The van der Waals surface area contributed by atoms with Crippen LogP contribution in [0.3, 0.4) is 0 Å². The zero-order chi connectivity index (χ0) is 9.97. The molecule has 0 bridgehead atoms. The van der Waals surface area contributed by atoms with Crippen LogP contribution in [-0.4, -0.2) is 12.4 Å². The van der Waals surface area contributed by atoms with Gasteiger partial charge in [-0.3, -0.25) is 0 Å². The summed E-state index contributed by atoms with van der Waals surface area (Å²) in [6.45, 7) is 0.838. The second-order valence-electron chi connectivity index (χ2n) is 3.61. The van der Waals surface area contributed by atoms with Crippen LogP contribution in [-0.2, 0) is 6.42 Å². The first-order chi connectivity index (χ1) is 6.81. The number of thiol groups is 1. The minimum Gasteiger partial charge on any atom is -0.493 e. The molecular weight excluding hydrogens is 194 g/mol. The van der Waals surface area contributed by atoms with E-state index >= 15 is 0 Å². The zero-order valence-corrected chi connectivity index (χ0v) is 8.97. The van der Waals surface area contributed by atoms with Gasteiger partial charge >= 0.3 is 0 Å². The molecule has 1 aliphatic rings. The van der Waals surface area contributed by atoms with Crippen LogP contribution in [0, 0.1) is 0 Å². The molecule has 1 aromatic rings. The molecule has 0 aliphatic carbocycles. The molecule has 0 amide bonds. The Morgan fingerprint density at radius 1 is 1.50 bits per heavy atom. The quantitative estimate of drug-likeness (QED) is 0.730. The van der Waals surface area contributed by atoms with Crippen molar-refractivity contribution >= 4 is 12.6 Å². The fraction of sp³-hybridized carbons (Fsp3) is 0.455. The summed E-state index contributed by atoms with van der Waals surface area (Å²) >= 11 is 4.20. The van der Waals surface area contributed by atoms with E-state index in [0.717, 1.165) is 30.8 Å². The molecule has 76 valence electrons. The molecule has 1 aromatic carbocycles. The molecule has 0 saturated carbocycles. The average molecular weight is 209 g/mol. The number of benzene rings is 1. The van der Waals surface area contributed by atoms with E-state index in [0.29, 0.717) is 5.75 Å². The Hall–Kier alpha value is -0.670. The Bertz CT molecular complexity index is 327. The van der Waals surface area contributed by atoms with Gasteiger partial charge in [0, 0.05) is 11.8 Å². The third-order valence-corrected chi connectivity index (χ3v) is 2.95. The van der Waals surface area contributed by atoms with Gasteiger partial charge in [0.2, 0.25) is 0 Å². The number of fused-ring (bicyclic) bond motifs is 1. The maximum absolute atomic E-state index is 5.91. The van der Waals surface area contributed by atoms with Crippen LogP contribution in [0.25, 0.3) is 0 Å².